The van der Waals surface area contributed by atoms with Gasteiger partial charge in [-0.3, -0.25) is 0 Å². The van der Waals surface area contributed by atoms with E-state index in [1.807, 2.05) is 26.0 Å². The van der Waals surface area contributed by atoms with Crippen molar-refractivity contribution in [2.24, 2.45) is 0 Å². The molecular formula is C8H12O2. The molecule has 2 nitrogen and oxygen atoms in total. The highest BCUT2D eigenvalue weighted by atomic mass is 16.7. The zero-order valence-electron chi connectivity index (χ0n) is 6.39. The smallest absolute Gasteiger partial charge is 0.189 e. The summed E-state index contributed by atoms with van der Waals surface area (Å²) in [6.07, 6.45) is 3.96. The maximum atomic E-state index is 5.10. The van der Waals surface area contributed by atoms with Crippen LogP contribution in [0.15, 0.2) is 23.5 Å². The predicted molar refractivity (Wildman–Crippen MR) is 39.4 cm³/mol. The van der Waals surface area contributed by atoms with Gasteiger partial charge in [-0.15, -0.1) is 0 Å². The molecule has 0 amide bonds. The molecule has 0 aliphatic carbocycles. The Hall–Kier alpha value is -0.760. The Labute approximate surface area is 61.1 Å². The molecule has 0 aromatic carbocycles. The fourth-order valence-electron chi connectivity index (χ4n) is 0.657. The van der Waals surface area contributed by atoms with Crippen LogP contribution in [0, 0.1) is 0 Å². The largest absolute Gasteiger partial charge is 0.469 e. The highest BCUT2D eigenvalue weighted by molar-refractivity contribution is 5.12. The Bertz CT molecular complexity index is 156. The summed E-state index contributed by atoms with van der Waals surface area (Å²) in [7, 11) is 0. The first kappa shape index (κ1) is 7.35. The Morgan fingerprint density at radius 1 is 1.50 bits per heavy atom. The van der Waals surface area contributed by atoms with Crippen molar-refractivity contribution in [3.8, 4) is 0 Å². The standard InChI is InChI=1S/C8H12O2/c1-7(2)3-4-8-5-9-6-10-8/h3-4H,5-6H2,1-2H3/b8-4+. The molecule has 0 aromatic heterocycles. The number of ether oxygens (including phenoxy) is 2. The molecule has 0 radical (unpaired) electrons. The summed E-state index contributed by atoms with van der Waals surface area (Å²) in [5.41, 5.74) is 1.27. The highest BCUT2D eigenvalue weighted by Gasteiger charge is 2.04. The molecule has 0 unspecified atom stereocenters. The minimum Gasteiger partial charge on any atom is -0.469 e. The van der Waals surface area contributed by atoms with Crippen LogP contribution in [0.1, 0.15) is 13.8 Å². The Morgan fingerprint density at radius 2 is 2.30 bits per heavy atom. The molecule has 10 heavy (non-hydrogen) atoms. The summed E-state index contributed by atoms with van der Waals surface area (Å²) < 4.78 is 10.1. The molecule has 0 bridgehead atoms. The van der Waals surface area contributed by atoms with Crippen molar-refractivity contribution in [2.75, 3.05) is 13.4 Å². The van der Waals surface area contributed by atoms with Crippen LogP contribution >= 0.6 is 0 Å². The first-order chi connectivity index (χ1) is 4.79. The quantitative estimate of drug-likeness (QED) is 0.553. The molecule has 1 aliphatic heterocycles. The van der Waals surface area contributed by atoms with Gasteiger partial charge >= 0.3 is 0 Å². The lowest BCUT2D eigenvalue weighted by atomic mass is 10.3. The third-order valence-electron chi connectivity index (χ3n) is 1.17. The molecule has 1 rings (SSSR count). The van der Waals surface area contributed by atoms with Gasteiger partial charge in [0.1, 0.15) is 12.4 Å². The lowest BCUT2D eigenvalue weighted by Gasteiger charge is -1.90. The van der Waals surface area contributed by atoms with Gasteiger partial charge in [0.15, 0.2) is 6.79 Å². The second-order valence-electron chi connectivity index (χ2n) is 2.49. The Morgan fingerprint density at radius 3 is 2.80 bits per heavy atom. The first-order valence-electron chi connectivity index (χ1n) is 3.33. The minimum absolute atomic E-state index is 0.405. The first-order valence-corrected chi connectivity index (χ1v) is 3.33. The second kappa shape index (κ2) is 3.42. The van der Waals surface area contributed by atoms with Gasteiger partial charge in [-0.2, -0.15) is 0 Å². The van der Waals surface area contributed by atoms with Gasteiger partial charge in [-0.05, 0) is 19.9 Å². The summed E-state index contributed by atoms with van der Waals surface area (Å²) in [6, 6.07) is 0. The van der Waals surface area contributed by atoms with E-state index in [-0.39, 0.29) is 0 Å². The van der Waals surface area contributed by atoms with Crippen LogP contribution < -0.4 is 0 Å². The Balaban J connectivity index is 2.46. The van der Waals surface area contributed by atoms with Gasteiger partial charge in [0, 0.05) is 0 Å². The van der Waals surface area contributed by atoms with E-state index in [2.05, 4.69) is 0 Å². The summed E-state index contributed by atoms with van der Waals surface area (Å²) in [5, 5.41) is 0. The normalized spacial score (nSPS) is 20.8. The zero-order chi connectivity index (χ0) is 7.40. The summed E-state index contributed by atoms with van der Waals surface area (Å²) >= 11 is 0. The molecule has 1 aliphatic rings. The van der Waals surface area contributed by atoms with Crippen LogP contribution in [-0.4, -0.2) is 13.4 Å². The van der Waals surface area contributed by atoms with Crippen LogP contribution in [0.4, 0.5) is 0 Å². The van der Waals surface area contributed by atoms with E-state index in [0.29, 0.717) is 13.4 Å². The van der Waals surface area contributed by atoms with Crippen LogP contribution in [0.5, 0.6) is 0 Å². The fourth-order valence-corrected chi connectivity index (χ4v) is 0.657. The lowest BCUT2D eigenvalue weighted by Crippen LogP contribution is -1.80. The molecule has 0 spiro atoms. The van der Waals surface area contributed by atoms with Crippen molar-refractivity contribution in [1.29, 1.82) is 0 Å². The van der Waals surface area contributed by atoms with Crippen molar-refractivity contribution in [1.82, 2.24) is 0 Å². The molecule has 2 heteroatoms. The third kappa shape index (κ3) is 2.23. The van der Waals surface area contributed by atoms with Crippen molar-refractivity contribution in [3.05, 3.63) is 23.5 Å². The molecule has 1 heterocycles. The number of hydrogen-bond donors (Lipinski definition) is 0. The van der Waals surface area contributed by atoms with Crippen molar-refractivity contribution < 1.29 is 9.47 Å². The van der Waals surface area contributed by atoms with E-state index in [1.165, 1.54) is 5.57 Å². The van der Waals surface area contributed by atoms with E-state index in [0.717, 1.165) is 5.76 Å². The molecule has 0 atom stereocenters. The average Bonchev–Trinajstić information content (AvgIpc) is 2.34. The summed E-state index contributed by atoms with van der Waals surface area (Å²) in [4.78, 5) is 0. The van der Waals surface area contributed by atoms with E-state index in [4.69, 9.17) is 9.47 Å². The predicted octanol–water partition coefficient (Wildman–Crippen LogP) is 1.84. The summed E-state index contributed by atoms with van der Waals surface area (Å²) in [6.45, 7) is 5.12. The molecule has 0 N–H and O–H groups in total. The van der Waals surface area contributed by atoms with Gasteiger partial charge in [0.25, 0.3) is 0 Å². The fraction of sp³-hybridized carbons (Fsp3) is 0.500. The zero-order valence-corrected chi connectivity index (χ0v) is 6.39. The minimum atomic E-state index is 0.405. The van der Waals surface area contributed by atoms with E-state index < -0.39 is 0 Å². The number of rotatable bonds is 1. The molecule has 1 fully saturated rings. The number of hydrogen-bond acceptors (Lipinski definition) is 2. The van der Waals surface area contributed by atoms with Gasteiger partial charge < -0.3 is 9.47 Å². The molecule has 56 valence electrons. The average molecular weight is 140 g/mol. The summed E-state index contributed by atoms with van der Waals surface area (Å²) in [5.74, 6) is 0.918. The van der Waals surface area contributed by atoms with Gasteiger partial charge in [-0.1, -0.05) is 11.6 Å². The van der Waals surface area contributed by atoms with Crippen LogP contribution in [0.3, 0.4) is 0 Å². The van der Waals surface area contributed by atoms with Crippen molar-refractivity contribution >= 4 is 0 Å². The molecule has 0 aromatic rings. The molecule has 1 saturated heterocycles. The third-order valence-corrected chi connectivity index (χ3v) is 1.17. The second-order valence-corrected chi connectivity index (χ2v) is 2.49. The lowest BCUT2D eigenvalue weighted by molar-refractivity contribution is 0.0800. The maximum Gasteiger partial charge on any atom is 0.189 e. The van der Waals surface area contributed by atoms with E-state index in [9.17, 15) is 0 Å². The molecule has 0 saturated carbocycles. The van der Waals surface area contributed by atoms with Gasteiger partial charge in [-0.25, -0.2) is 0 Å². The van der Waals surface area contributed by atoms with Gasteiger partial charge in [0.05, 0.1) is 0 Å². The van der Waals surface area contributed by atoms with Gasteiger partial charge in [0.2, 0.25) is 0 Å². The van der Waals surface area contributed by atoms with Crippen LogP contribution in [0.2, 0.25) is 0 Å². The number of allylic oxidation sites excluding steroid dienone is 3. The van der Waals surface area contributed by atoms with Crippen molar-refractivity contribution in [3.63, 3.8) is 0 Å². The highest BCUT2D eigenvalue weighted by Crippen LogP contribution is 2.07. The van der Waals surface area contributed by atoms with Crippen molar-refractivity contribution in [2.45, 2.75) is 13.8 Å². The molecular weight excluding hydrogens is 128 g/mol. The SMILES string of the molecule is CC(C)=C/C=C1\COCO1. The van der Waals surface area contributed by atoms with Crippen LogP contribution in [0.25, 0.3) is 0 Å². The van der Waals surface area contributed by atoms with E-state index in [1.54, 1.807) is 0 Å². The topological polar surface area (TPSA) is 18.5 Å². The monoisotopic (exact) mass is 140 g/mol. The maximum absolute atomic E-state index is 5.10. The van der Waals surface area contributed by atoms with E-state index >= 15 is 0 Å². The van der Waals surface area contributed by atoms with Crippen LogP contribution in [-0.2, 0) is 9.47 Å². The Kier molecular flexibility index (Phi) is 2.51.